The van der Waals surface area contributed by atoms with Crippen molar-refractivity contribution in [3.63, 3.8) is 0 Å². The zero-order valence-electron chi connectivity index (χ0n) is 16.2. The van der Waals surface area contributed by atoms with Crippen LogP contribution in [0.1, 0.15) is 44.0 Å². The number of halogens is 2. The molecule has 6 nitrogen and oxygen atoms in total. The third-order valence-electron chi connectivity index (χ3n) is 4.84. The maximum Gasteiger partial charge on any atom is 0.410 e. The Kier molecular flexibility index (Phi) is 5.88. The highest BCUT2D eigenvalue weighted by Gasteiger charge is 2.45. The SMILES string of the molecule is CC(C)(C)OC(=O)N1C2COCC1CC(C(=O)c1cccc(OC(F)F)c1)C2. The molecule has 154 valence electrons. The van der Waals surface area contributed by atoms with Crippen LogP contribution in [-0.2, 0) is 9.47 Å². The summed E-state index contributed by atoms with van der Waals surface area (Å²) in [7, 11) is 0. The van der Waals surface area contributed by atoms with Gasteiger partial charge in [0.2, 0.25) is 0 Å². The Morgan fingerprint density at radius 3 is 2.39 bits per heavy atom. The number of nitrogens with zero attached hydrogens (tertiary/aromatic N) is 1. The maximum atomic E-state index is 13.0. The van der Waals surface area contributed by atoms with Crippen LogP contribution >= 0.6 is 0 Å². The number of morpholine rings is 1. The quantitative estimate of drug-likeness (QED) is 0.722. The van der Waals surface area contributed by atoms with Gasteiger partial charge in [0.05, 0.1) is 25.3 Å². The van der Waals surface area contributed by atoms with E-state index < -0.39 is 18.3 Å². The molecule has 8 heteroatoms. The first-order valence-corrected chi connectivity index (χ1v) is 9.32. The Morgan fingerprint density at radius 2 is 1.82 bits per heavy atom. The van der Waals surface area contributed by atoms with Crippen LogP contribution in [-0.4, -0.2) is 54.3 Å². The van der Waals surface area contributed by atoms with Crippen LogP contribution in [0, 0.1) is 5.92 Å². The van der Waals surface area contributed by atoms with Crippen LogP contribution in [0.2, 0.25) is 0 Å². The molecule has 0 aromatic heterocycles. The Labute approximate surface area is 162 Å². The van der Waals surface area contributed by atoms with Gasteiger partial charge in [-0.05, 0) is 45.7 Å². The van der Waals surface area contributed by atoms with Crippen molar-refractivity contribution in [1.82, 2.24) is 4.90 Å². The van der Waals surface area contributed by atoms with Crippen molar-refractivity contribution >= 4 is 11.9 Å². The summed E-state index contributed by atoms with van der Waals surface area (Å²) in [5, 5.41) is 0. The van der Waals surface area contributed by atoms with Crippen molar-refractivity contribution < 1.29 is 32.6 Å². The first kappa shape index (κ1) is 20.5. The zero-order chi connectivity index (χ0) is 20.5. The Hall–Kier alpha value is -2.22. The summed E-state index contributed by atoms with van der Waals surface area (Å²) in [6, 6.07) is 5.32. The molecule has 3 rings (SSSR count). The highest BCUT2D eigenvalue weighted by Crippen LogP contribution is 2.35. The van der Waals surface area contributed by atoms with E-state index in [0.717, 1.165) is 0 Å². The van der Waals surface area contributed by atoms with E-state index in [1.165, 1.54) is 18.2 Å². The third kappa shape index (κ3) is 4.79. The van der Waals surface area contributed by atoms with Crippen molar-refractivity contribution in [3.8, 4) is 5.75 Å². The van der Waals surface area contributed by atoms with Crippen molar-refractivity contribution in [2.24, 2.45) is 5.92 Å². The lowest BCUT2D eigenvalue weighted by atomic mass is 9.81. The summed E-state index contributed by atoms with van der Waals surface area (Å²) >= 11 is 0. The summed E-state index contributed by atoms with van der Waals surface area (Å²) in [6.45, 7) is 3.16. The molecule has 1 aromatic carbocycles. The summed E-state index contributed by atoms with van der Waals surface area (Å²) in [4.78, 5) is 27.2. The topological polar surface area (TPSA) is 65.1 Å². The number of carbonyl (C=O) groups is 2. The summed E-state index contributed by atoms with van der Waals surface area (Å²) < 4.78 is 40.3. The van der Waals surface area contributed by atoms with Crippen molar-refractivity contribution in [1.29, 1.82) is 0 Å². The largest absolute Gasteiger partial charge is 0.444 e. The van der Waals surface area contributed by atoms with E-state index in [0.29, 0.717) is 31.6 Å². The van der Waals surface area contributed by atoms with Gasteiger partial charge in [-0.15, -0.1) is 0 Å². The fourth-order valence-electron chi connectivity index (χ4n) is 3.80. The molecule has 0 aliphatic carbocycles. The van der Waals surface area contributed by atoms with Crippen LogP contribution in [0.5, 0.6) is 5.75 Å². The minimum atomic E-state index is -2.95. The van der Waals surface area contributed by atoms with E-state index in [1.54, 1.807) is 11.0 Å². The first-order chi connectivity index (χ1) is 13.1. The molecule has 1 amide bonds. The number of hydrogen-bond donors (Lipinski definition) is 0. The van der Waals surface area contributed by atoms with Gasteiger partial charge in [0.1, 0.15) is 11.4 Å². The van der Waals surface area contributed by atoms with Gasteiger partial charge < -0.3 is 14.2 Å². The Bertz CT molecular complexity index is 720. The van der Waals surface area contributed by atoms with Gasteiger partial charge >= 0.3 is 12.7 Å². The molecule has 2 aliphatic rings. The van der Waals surface area contributed by atoms with E-state index in [1.807, 2.05) is 20.8 Å². The smallest absolute Gasteiger partial charge is 0.410 e. The first-order valence-electron chi connectivity index (χ1n) is 9.32. The van der Waals surface area contributed by atoms with E-state index >= 15 is 0 Å². The molecule has 2 aliphatic heterocycles. The summed E-state index contributed by atoms with van der Waals surface area (Å²) in [5.74, 6) is -0.504. The van der Waals surface area contributed by atoms with Crippen LogP contribution in [0.25, 0.3) is 0 Å². The summed E-state index contributed by atoms with van der Waals surface area (Å²) in [6.07, 6.45) is 0.479. The van der Waals surface area contributed by atoms with E-state index in [4.69, 9.17) is 9.47 Å². The second-order valence-electron chi connectivity index (χ2n) is 8.17. The molecule has 28 heavy (non-hydrogen) atoms. The molecule has 2 fully saturated rings. The van der Waals surface area contributed by atoms with Gasteiger partial charge in [-0.1, -0.05) is 12.1 Å². The Morgan fingerprint density at radius 1 is 1.18 bits per heavy atom. The van der Waals surface area contributed by atoms with Crippen LogP contribution in [0.15, 0.2) is 24.3 Å². The number of ether oxygens (including phenoxy) is 3. The van der Waals surface area contributed by atoms with Crippen molar-refractivity contribution in [2.75, 3.05) is 13.2 Å². The predicted molar refractivity (Wildman–Crippen MR) is 96.6 cm³/mol. The highest BCUT2D eigenvalue weighted by atomic mass is 19.3. The number of fused-ring (bicyclic) bond motifs is 2. The predicted octanol–water partition coefficient (Wildman–Crippen LogP) is 3.89. The lowest BCUT2D eigenvalue weighted by molar-refractivity contribution is -0.0861. The number of benzene rings is 1. The fraction of sp³-hybridized carbons (Fsp3) is 0.600. The average Bonchev–Trinajstić information content (AvgIpc) is 2.58. The standard InChI is InChI=1S/C20H25F2NO5/c1-20(2,3)28-19(25)23-14-7-13(8-15(23)11-26-10-14)17(24)12-5-4-6-16(9-12)27-18(21)22/h4-6,9,13-15,18H,7-8,10-11H2,1-3H3. The van der Waals surface area contributed by atoms with Crippen molar-refractivity contribution in [3.05, 3.63) is 29.8 Å². The minimum absolute atomic E-state index is 0.0458. The van der Waals surface area contributed by atoms with Gasteiger partial charge in [0.25, 0.3) is 0 Å². The molecule has 2 bridgehead atoms. The average molecular weight is 397 g/mol. The third-order valence-corrected chi connectivity index (χ3v) is 4.84. The number of hydrogen-bond acceptors (Lipinski definition) is 5. The number of piperidine rings is 1. The summed E-state index contributed by atoms with van der Waals surface area (Å²) in [5.41, 5.74) is -0.280. The second-order valence-corrected chi connectivity index (χ2v) is 8.17. The number of rotatable bonds is 4. The lowest BCUT2D eigenvalue weighted by Crippen LogP contribution is -2.60. The zero-order valence-corrected chi connectivity index (χ0v) is 16.2. The molecule has 1 aromatic rings. The number of Topliss-reactive ketones (excluding diaryl/α,β-unsaturated/α-hetero) is 1. The molecule has 0 spiro atoms. The van der Waals surface area contributed by atoms with Crippen LogP contribution in [0.3, 0.4) is 0 Å². The molecular weight excluding hydrogens is 372 g/mol. The molecule has 2 heterocycles. The maximum absolute atomic E-state index is 13.0. The number of carbonyl (C=O) groups excluding carboxylic acids is 2. The van der Waals surface area contributed by atoms with Gasteiger partial charge in [-0.25, -0.2) is 4.79 Å². The fourth-order valence-corrected chi connectivity index (χ4v) is 3.80. The van der Waals surface area contributed by atoms with Gasteiger partial charge in [0.15, 0.2) is 5.78 Å². The normalized spacial score (nSPS) is 24.8. The second kappa shape index (κ2) is 8.03. The van der Waals surface area contributed by atoms with Gasteiger partial charge in [-0.2, -0.15) is 8.78 Å². The number of amides is 1. The lowest BCUT2D eigenvalue weighted by Gasteiger charge is -2.47. The van der Waals surface area contributed by atoms with Crippen molar-refractivity contribution in [2.45, 2.75) is 57.9 Å². The van der Waals surface area contributed by atoms with E-state index in [2.05, 4.69) is 4.74 Å². The van der Waals surface area contributed by atoms with Gasteiger partial charge in [0, 0.05) is 11.5 Å². The number of alkyl halides is 2. The molecule has 0 saturated carbocycles. The molecular formula is C20H25F2NO5. The molecule has 0 N–H and O–H groups in total. The van der Waals surface area contributed by atoms with Crippen LogP contribution in [0.4, 0.5) is 13.6 Å². The molecule has 0 radical (unpaired) electrons. The van der Waals surface area contributed by atoms with Gasteiger partial charge in [-0.3, -0.25) is 9.69 Å². The minimum Gasteiger partial charge on any atom is -0.444 e. The Balaban J connectivity index is 1.73. The highest BCUT2D eigenvalue weighted by molar-refractivity contribution is 5.98. The molecule has 2 unspecified atom stereocenters. The number of ketones is 1. The van der Waals surface area contributed by atoms with E-state index in [-0.39, 0.29) is 29.5 Å². The van der Waals surface area contributed by atoms with Crippen LogP contribution < -0.4 is 4.74 Å². The molecule has 2 saturated heterocycles. The van der Waals surface area contributed by atoms with E-state index in [9.17, 15) is 18.4 Å². The monoisotopic (exact) mass is 397 g/mol. The molecule has 2 atom stereocenters.